The molecule has 7 heteroatoms. The van der Waals surface area contributed by atoms with Gasteiger partial charge in [0.15, 0.2) is 5.82 Å². The largest absolute Gasteiger partial charge is 0.249 e. The number of tetrazole rings is 1. The molecule has 3 aromatic carbocycles. The van der Waals surface area contributed by atoms with E-state index in [-0.39, 0.29) is 0 Å². The highest BCUT2D eigenvalue weighted by Crippen LogP contribution is 2.30. The maximum absolute atomic E-state index is 4.91. The van der Waals surface area contributed by atoms with Crippen LogP contribution in [0.25, 0.3) is 33.9 Å². The van der Waals surface area contributed by atoms with Crippen molar-refractivity contribution in [3.63, 3.8) is 0 Å². The lowest BCUT2D eigenvalue weighted by Gasteiger charge is -2.09. The van der Waals surface area contributed by atoms with Gasteiger partial charge in [0.2, 0.25) is 5.82 Å². The molecular formula is C27H27N7. The van der Waals surface area contributed by atoms with E-state index in [1.807, 2.05) is 36.4 Å². The standard InChI is InChI=1S/C27H27N7/c1-19(2)16-17-34-25(28-26(31-34)22-8-4-3-5-9-22)18-20-12-14-21(15-13-20)23-10-6-7-11-24(23)27-29-32-33-30-27/h3-15,19H,16-18H2,1-2H3,(H,29,30,32,33). The minimum Gasteiger partial charge on any atom is -0.249 e. The van der Waals surface area contributed by atoms with Crippen molar-refractivity contribution in [3.05, 3.63) is 90.3 Å². The van der Waals surface area contributed by atoms with Gasteiger partial charge in [0.1, 0.15) is 5.82 Å². The van der Waals surface area contributed by atoms with E-state index < -0.39 is 0 Å². The van der Waals surface area contributed by atoms with E-state index in [0.29, 0.717) is 11.7 Å². The van der Waals surface area contributed by atoms with Gasteiger partial charge in [0.05, 0.1) is 0 Å². The number of nitrogens with zero attached hydrogens (tertiary/aromatic N) is 6. The van der Waals surface area contributed by atoms with Gasteiger partial charge in [-0.15, -0.1) is 10.2 Å². The highest BCUT2D eigenvalue weighted by Gasteiger charge is 2.14. The Morgan fingerprint density at radius 1 is 0.794 bits per heavy atom. The first-order valence-electron chi connectivity index (χ1n) is 11.6. The molecule has 2 heterocycles. The summed E-state index contributed by atoms with van der Waals surface area (Å²) in [6.45, 7) is 5.34. The summed E-state index contributed by atoms with van der Waals surface area (Å²) in [6, 6.07) is 26.9. The van der Waals surface area contributed by atoms with Crippen LogP contribution in [-0.2, 0) is 13.0 Å². The van der Waals surface area contributed by atoms with Crippen molar-refractivity contribution in [3.8, 4) is 33.9 Å². The van der Waals surface area contributed by atoms with Crippen LogP contribution in [0.15, 0.2) is 78.9 Å². The van der Waals surface area contributed by atoms with Crippen LogP contribution in [0, 0.1) is 5.92 Å². The fourth-order valence-corrected chi connectivity index (χ4v) is 3.96. The SMILES string of the molecule is CC(C)CCn1nc(-c2ccccc2)nc1Cc1ccc(-c2ccccc2-c2nn[nH]n2)cc1. The molecule has 0 radical (unpaired) electrons. The van der Waals surface area contributed by atoms with Gasteiger partial charge in [-0.3, -0.25) is 0 Å². The Bertz CT molecular complexity index is 1340. The van der Waals surface area contributed by atoms with E-state index >= 15 is 0 Å². The molecule has 0 bridgehead atoms. The molecule has 5 aromatic rings. The molecule has 0 unspecified atom stereocenters. The Morgan fingerprint density at radius 2 is 1.53 bits per heavy atom. The van der Waals surface area contributed by atoms with Crippen molar-refractivity contribution < 1.29 is 0 Å². The Hall–Kier alpha value is -4.13. The molecule has 170 valence electrons. The van der Waals surface area contributed by atoms with Crippen LogP contribution in [0.3, 0.4) is 0 Å². The van der Waals surface area contributed by atoms with Gasteiger partial charge < -0.3 is 0 Å². The average Bonchev–Trinajstić information content (AvgIpc) is 3.54. The summed E-state index contributed by atoms with van der Waals surface area (Å²) < 4.78 is 2.07. The van der Waals surface area contributed by atoms with Gasteiger partial charge in [0, 0.05) is 24.1 Å². The Balaban J connectivity index is 1.42. The fraction of sp³-hybridized carbons (Fsp3) is 0.222. The minimum atomic E-state index is 0.589. The lowest BCUT2D eigenvalue weighted by atomic mass is 9.98. The predicted molar refractivity (Wildman–Crippen MR) is 133 cm³/mol. The number of aromatic amines is 1. The number of H-pyrrole nitrogens is 1. The van der Waals surface area contributed by atoms with Crippen molar-refractivity contribution in [2.75, 3.05) is 0 Å². The summed E-state index contributed by atoms with van der Waals surface area (Å²) in [5.41, 5.74) is 5.36. The lowest BCUT2D eigenvalue weighted by Crippen LogP contribution is -2.08. The highest BCUT2D eigenvalue weighted by atomic mass is 15.5. The van der Waals surface area contributed by atoms with E-state index in [4.69, 9.17) is 10.1 Å². The molecule has 0 amide bonds. The number of benzene rings is 3. The molecule has 0 atom stereocenters. The second kappa shape index (κ2) is 9.79. The Morgan fingerprint density at radius 3 is 2.24 bits per heavy atom. The van der Waals surface area contributed by atoms with Crippen LogP contribution in [-0.4, -0.2) is 35.4 Å². The molecule has 1 N–H and O–H groups in total. The number of hydrogen-bond acceptors (Lipinski definition) is 5. The number of rotatable bonds is 8. The van der Waals surface area contributed by atoms with E-state index in [1.54, 1.807) is 0 Å². The van der Waals surface area contributed by atoms with Gasteiger partial charge >= 0.3 is 0 Å². The summed E-state index contributed by atoms with van der Waals surface area (Å²) in [4.78, 5) is 4.91. The number of nitrogens with one attached hydrogen (secondary N) is 1. The Labute approximate surface area is 198 Å². The van der Waals surface area contributed by atoms with Gasteiger partial charge in [-0.2, -0.15) is 10.3 Å². The monoisotopic (exact) mass is 449 g/mol. The predicted octanol–water partition coefficient (Wildman–Crippen LogP) is 5.43. The summed E-state index contributed by atoms with van der Waals surface area (Å²) in [5.74, 6) is 2.96. The summed E-state index contributed by atoms with van der Waals surface area (Å²) in [6.07, 6.45) is 1.79. The first-order valence-corrected chi connectivity index (χ1v) is 11.6. The maximum atomic E-state index is 4.91. The van der Waals surface area contributed by atoms with Crippen LogP contribution >= 0.6 is 0 Å². The van der Waals surface area contributed by atoms with Crippen LogP contribution in [0.4, 0.5) is 0 Å². The van der Waals surface area contributed by atoms with Crippen LogP contribution in [0.1, 0.15) is 31.7 Å². The highest BCUT2D eigenvalue weighted by molar-refractivity contribution is 5.80. The number of aryl methyl sites for hydroxylation is 1. The van der Waals surface area contributed by atoms with Crippen LogP contribution in [0.5, 0.6) is 0 Å². The average molecular weight is 450 g/mol. The normalized spacial score (nSPS) is 11.3. The fourth-order valence-electron chi connectivity index (χ4n) is 3.96. The van der Waals surface area contributed by atoms with E-state index in [0.717, 1.165) is 53.3 Å². The third-order valence-electron chi connectivity index (χ3n) is 5.84. The molecule has 0 fully saturated rings. The molecule has 5 rings (SSSR count). The van der Waals surface area contributed by atoms with E-state index in [9.17, 15) is 0 Å². The second-order valence-electron chi connectivity index (χ2n) is 8.78. The first-order chi connectivity index (χ1) is 16.7. The quantitative estimate of drug-likeness (QED) is 0.341. The molecule has 2 aromatic heterocycles. The molecule has 0 saturated heterocycles. The zero-order valence-electron chi connectivity index (χ0n) is 19.4. The molecular weight excluding hydrogens is 422 g/mol. The Kier molecular flexibility index (Phi) is 6.25. The van der Waals surface area contributed by atoms with Crippen molar-refractivity contribution in [2.24, 2.45) is 5.92 Å². The molecule has 7 nitrogen and oxygen atoms in total. The molecule has 34 heavy (non-hydrogen) atoms. The summed E-state index contributed by atoms with van der Waals surface area (Å²) in [7, 11) is 0. The van der Waals surface area contributed by atoms with Crippen molar-refractivity contribution >= 4 is 0 Å². The van der Waals surface area contributed by atoms with Gasteiger partial charge in [-0.1, -0.05) is 92.7 Å². The third kappa shape index (κ3) is 4.78. The smallest absolute Gasteiger partial charge is 0.205 e. The molecule has 0 spiro atoms. The molecule has 0 aliphatic rings. The van der Waals surface area contributed by atoms with Gasteiger partial charge in [-0.25, -0.2) is 9.67 Å². The van der Waals surface area contributed by atoms with E-state index in [2.05, 4.69) is 81.6 Å². The summed E-state index contributed by atoms with van der Waals surface area (Å²) >= 11 is 0. The van der Waals surface area contributed by atoms with Crippen molar-refractivity contribution in [2.45, 2.75) is 33.2 Å². The zero-order chi connectivity index (χ0) is 23.3. The summed E-state index contributed by atoms with van der Waals surface area (Å²) in [5, 5.41) is 19.4. The molecule has 0 aliphatic carbocycles. The number of aromatic nitrogens is 7. The molecule has 0 aliphatic heterocycles. The van der Waals surface area contributed by atoms with Crippen molar-refractivity contribution in [1.29, 1.82) is 0 Å². The van der Waals surface area contributed by atoms with Crippen LogP contribution < -0.4 is 0 Å². The van der Waals surface area contributed by atoms with Gasteiger partial charge in [0.25, 0.3) is 0 Å². The van der Waals surface area contributed by atoms with Gasteiger partial charge in [-0.05, 0) is 34.2 Å². The molecule has 0 saturated carbocycles. The topological polar surface area (TPSA) is 85.2 Å². The zero-order valence-corrected chi connectivity index (χ0v) is 19.4. The van der Waals surface area contributed by atoms with Crippen LogP contribution in [0.2, 0.25) is 0 Å². The second-order valence-corrected chi connectivity index (χ2v) is 8.78. The minimum absolute atomic E-state index is 0.589. The first kappa shape index (κ1) is 21.7. The van der Waals surface area contributed by atoms with Crippen molar-refractivity contribution in [1.82, 2.24) is 35.4 Å². The third-order valence-corrected chi connectivity index (χ3v) is 5.84. The van der Waals surface area contributed by atoms with E-state index in [1.165, 1.54) is 5.56 Å². The number of hydrogen-bond donors (Lipinski definition) is 1. The maximum Gasteiger partial charge on any atom is 0.205 e. The lowest BCUT2D eigenvalue weighted by molar-refractivity contribution is 0.476.